The van der Waals surface area contributed by atoms with Crippen LogP contribution in [0.3, 0.4) is 0 Å². The van der Waals surface area contributed by atoms with E-state index >= 15 is 0 Å². The van der Waals surface area contributed by atoms with E-state index in [1.54, 1.807) is 23.2 Å². The van der Waals surface area contributed by atoms with E-state index < -0.39 is 5.92 Å². The number of hydrogen-bond acceptors (Lipinski definition) is 4. The van der Waals surface area contributed by atoms with E-state index in [1.807, 2.05) is 4.90 Å². The summed E-state index contributed by atoms with van der Waals surface area (Å²) in [6.07, 6.45) is 2.50. The highest BCUT2D eigenvalue weighted by Crippen LogP contribution is 2.30. The fourth-order valence-corrected chi connectivity index (χ4v) is 3.39. The zero-order valence-electron chi connectivity index (χ0n) is 13.4. The molecule has 128 valence electrons. The predicted molar refractivity (Wildman–Crippen MR) is 84.7 cm³/mol. The number of halogens is 2. The van der Waals surface area contributed by atoms with Gasteiger partial charge in [-0.25, -0.2) is 13.8 Å². The highest BCUT2D eigenvalue weighted by Gasteiger charge is 2.38. The van der Waals surface area contributed by atoms with Crippen molar-refractivity contribution in [1.82, 2.24) is 9.88 Å². The first-order chi connectivity index (χ1) is 11.5. The number of carbonyl (C=O) groups is 1. The Morgan fingerprint density at radius 1 is 1.25 bits per heavy atom. The Morgan fingerprint density at radius 2 is 1.92 bits per heavy atom. The van der Waals surface area contributed by atoms with Crippen LogP contribution in [0.1, 0.15) is 31.2 Å². The van der Waals surface area contributed by atoms with Crippen LogP contribution in [0.2, 0.25) is 0 Å². The molecule has 7 heteroatoms. The maximum atomic E-state index is 13.2. The number of alkyl halides is 2. The van der Waals surface area contributed by atoms with Gasteiger partial charge in [-0.05, 0) is 25.0 Å². The van der Waals surface area contributed by atoms with Gasteiger partial charge in [0.2, 0.25) is 5.91 Å². The number of hydrogen-bond donors (Lipinski definition) is 0. The summed E-state index contributed by atoms with van der Waals surface area (Å²) in [7, 11) is 0. The van der Waals surface area contributed by atoms with E-state index in [9.17, 15) is 13.6 Å². The van der Waals surface area contributed by atoms with Gasteiger partial charge in [-0.2, -0.15) is 5.26 Å². The lowest BCUT2D eigenvalue weighted by molar-refractivity contribution is -0.142. The minimum atomic E-state index is -2.63. The van der Waals surface area contributed by atoms with Crippen molar-refractivity contribution in [1.29, 1.82) is 5.26 Å². The Balaban J connectivity index is 1.57. The molecule has 2 aliphatic rings. The molecule has 2 fully saturated rings. The van der Waals surface area contributed by atoms with Crippen molar-refractivity contribution in [3.63, 3.8) is 0 Å². The Morgan fingerprint density at radius 3 is 2.54 bits per heavy atom. The molecule has 2 saturated heterocycles. The summed E-state index contributed by atoms with van der Waals surface area (Å²) >= 11 is 0. The van der Waals surface area contributed by atoms with Crippen LogP contribution in [-0.2, 0) is 4.79 Å². The largest absolute Gasteiger partial charge is 0.355 e. The number of aromatic nitrogens is 1. The minimum Gasteiger partial charge on any atom is -0.355 e. The van der Waals surface area contributed by atoms with Gasteiger partial charge in [-0.15, -0.1) is 0 Å². The van der Waals surface area contributed by atoms with Gasteiger partial charge in [0.15, 0.2) is 0 Å². The molecule has 0 N–H and O–H groups in total. The normalized spacial score (nSPS) is 21.4. The molecule has 1 aromatic heterocycles. The molecular formula is C17H20F2N4O. The second-order valence-corrected chi connectivity index (χ2v) is 6.43. The van der Waals surface area contributed by atoms with Crippen molar-refractivity contribution < 1.29 is 13.6 Å². The van der Waals surface area contributed by atoms with E-state index in [2.05, 4.69) is 11.1 Å². The second kappa shape index (κ2) is 6.71. The second-order valence-electron chi connectivity index (χ2n) is 6.43. The number of nitrogens with zero attached hydrogens (tertiary/aromatic N) is 4. The molecule has 0 aliphatic carbocycles. The van der Waals surface area contributed by atoms with Crippen LogP contribution in [0.4, 0.5) is 14.6 Å². The van der Waals surface area contributed by atoms with Gasteiger partial charge in [0.25, 0.3) is 5.92 Å². The predicted octanol–water partition coefficient (Wildman–Crippen LogP) is 2.43. The zero-order chi connectivity index (χ0) is 17.2. The summed E-state index contributed by atoms with van der Waals surface area (Å²) in [6.45, 7) is 1.58. The zero-order valence-corrected chi connectivity index (χ0v) is 13.4. The summed E-state index contributed by atoms with van der Waals surface area (Å²) < 4.78 is 26.4. The lowest BCUT2D eigenvalue weighted by atomic mass is 9.93. The molecule has 24 heavy (non-hydrogen) atoms. The maximum Gasteiger partial charge on any atom is 0.251 e. The Bertz CT molecular complexity index is 640. The smallest absolute Gasteiger partial charge is 0.251 e. The summed E-state index contributed by atoms with van der Waals surface area (Å²) in [5, 5.41) is 9.16. The molecule has 3 rings (SSSR count). The van der Waals surface area contributed by atoms with E-state index in [0.717, 1.165) is 0 Å². The van der Waals surface area contributed by atoms with Gasteiger partial charge in [0.05, 0.1) is 5.56 Å². The van der Waals surface area contributed by atoms with Crippen LogP contribution in [0, 0.1) is 17.2 Å². The van der Waals surface area contributed by atoms with Gasteiger partial charge in [0.1, 0.15) is 11.9 Å². The van der Waals surface area contributed by atoms with Crippen LogP contribution in [0.5, 0.6) is 0 Å². The topological polar surface area (TPSA) is 60.2 Å². The van der Waals surface area contributed by atoms with Gasteiger partial charge >= 0.3 is 0 Å². The number of amides is 1. The molecular weight excluding hydrogens is 314 g/mol. The van der Waals surface area contributed by atoms with Crippen molar-refractivity contribution in [2.24, 2.45) is 5.92 Å². The summed E-state index contributed by atoms with van der Waals surface area (Å²) in [6, 6.07) is 5.59. The molecule has 0 unspecified atom stereocenters. The number of rotatable bonds is 2. The molecule has 1 aromatic rings. The van der Waals surface area contributed by atoms with Gasteiger partial charge in [-0.1, -0.05) is 0 Å². The van der Waals surface area contributed by atoms with Crippen molar-refractivity contribution >= 4 is 11.7 Å². The molecule has 3 heterocycles. The number of nitriles is 1. The first kappa shape index (κ1) is 16.6. The molecule has 0 atom stereocenters. The molecule has 0 bridgehead atoms. The lowest BCUT2D eigenvalue weighted by Crippen LogP contribution is -2.47. The van der Waals surface area contributed by atoms with Crippen LogP contribution in [0.25, 0.3) is 0 Å². The van der Waals surface area contributed by atoms with Crippen LogP contribution in [-0.4, -0.2) is 47.9 Å². The average Bonchev–Trinajstić information content (AvgIpc) is 2.61. The Labute approximate surface area is 139 Å². The minimum absolute atomic E-state index is 0.00771. The maximum absolute atomic E-state index is 13.2. The third-order valence-electron chi connectivity index (χ3n) is 4.86. The van der Waals surface area contributed by atoms with Crippen LogP contribution < -0.4 is 4.90 Å². The summed E-state index contributed by atoms with van der Waals surface area (Å²) in [5.74, 6) is -2.11. The van der Waals surface area contributed by atoms with E-state index in [-0.39, 0.29) is 37.8 Å². The van der Waals surface area contributed by atoms with Crippen LogP contribution in [0.15, 0.2) is 18.3 Å². The quantitative estimate of drug-likeness (QED) is 0.833. The van der Waals surface area contributed by atoms with Crippen molar-refractivity contribution in [3.8, 4) is 6.07 Å². The highest BCUT2D eigenvalue weighted by molar-refractivity contribution is 5.79. The fraction of sp³-hybridized carbons (Fsp3) is 0.588. The molecule has 0 spiro atoms. The number of carbonyl (C=O) groups excluding carboxylic acids is 1. The molecule has 0 radical (unpaired) electrons. The molecule has 0 saturated carbocycles. The van der Waals surface area contributed by atoms with Crippen molar-refractivity contribution in [2.45, 2.75) is 31.6 Å². The first-order valence-corrected chi connectivity index (χ1v) is 8.27. The summed E-state index contributed by atoms with van der Waals surface area (Å²) in [4.78, 5) is 20.4. The summed E-state index contributed by atoms with van der Waals surface area (Å²) in [5.41, 5.74) is 0.528. The average molecular weight is 334 g/mol. The number of likely N-dealkylation sites (tertiary alicyclic amines) is 1. The number of anilines is 1. The third kappa shape index (κ3) is 3.48. The standard InChI is InChI=1S/C17H20F2N4O/c18-17(19)5-10-23(11-6-17)16(24)13-3-8-22(9-4-13)15-14(12-20)2-1-7-21-15/h1-2,7,13H,3-6,8-11H2. The lowest BCUT2D eigenvalue weighted by Gasteiger charge is -2.37. The van der Waals surface area contributed by atoms with Gasteiger partial charge in [0, 0.05) is 51.1 Å². The van der Waals surface area contributed by atoms with Gasteiger partial charge < -0.3 is 9.80 Å². The molecule has 0 aromatic carbocycles. The number of pyridine rings is 1. The van der Waals surface area contributed by atoms with Crippen LogP contribution >= 0.6 is 0 Å². The Hall–Kier alpha value is -2.23. The van der Waals surface area contributed by atoms with E-state index in [4.69, 9.17) is 5.26 Å². The molecule has 1 amide bonds. The number of piperidine rings is 2. The fourth-order valence-electron chi connectivity index (χ4n) is 3.39. The van der Waals surface area contributed by atoms with Crippen molar-refractivity contribution in [3.05, 3.63) is 23.9 Å². The molecule has 2 aliphatic heterocycles. The van der Waals surface area contributed by atoms with E-state index in [1.165, 1.54) is 0 Å². The van der Waals surface area contributed by atoms with Crippen molar-refractivity contribution in [2.75, 3.05) is 31.1 Å². The SMILES string of the molecule is N#Cc1cccnc1N1CCC(C(=O)N2CCC(F)(F)CC2)CC1. The third-order valence-corrected chi connectivity index (χ3v) is 4.86. The molecule has 5 nitrogen and oxygen atoms in total. The monoisotopic (exact) mass is 334 g/mol. The first-order valence-electron chi connectivity index (χ1n) is 8.27. The highest BCUT2D eigenvalue weighted by atomic mass is 19.3. The van der Waals surface area contributed by atoms with E-state index in [0.29, 0.717) is 37.3 Å². The Kier molecular flexibility index (Phi) is 4.65. The van der Waals surface area contributed by atoms with Gasteiger partial charge in [-0.3, -0.25) is 4.79 Å².